The molecule has 20 heavy (non-hydrogen) atoms. The first-order chi connectivity index (χ1) is 9.63. The molecule has 0 spiro atoms. The van der Waals surface area contributed by atoms with Crippen molar-refractivity contribution in [1.82, 2.24) is 10.1 Å². The number of rotatable bonds is 2. The van der Waals surface area contributed by atoms with Gasteiger partial charge in [0.15, 0.2) is 0 Å². The van der Waals surface area contributed by atoms with Gasteiger partial charge < -0.3 is 10.3 Å². The Morgan fingerprint density at radius 2 is 1.85 bits per heavy atom. The predicted molar refractivity (Wildman–Crippen MR) is 77.2 cm³/mol. The standard InChI is InChI=1S/C14H9BrFN3O/c15-9-3-1-8(2-4-9)13-18-14(20-19-13)11-7-10(16)5-6-12(11)17/h1-7H,17H2. The van der Waals surface area contributed by atoms with Crippen molar-refractivity contribution in [2.75, 3.05) is 5.73 Å². The molecule has 0 aliphatic rings. The van der Waals surface area contributed by atoms with E-state index in [1.165, 1.54) is 18.2 Å². The molecule has 3 aromatic rings. The van der Waals surface area contributed by atoms with Gasteiger partial charge in [-0.1, -0.05) is 21.1 Å². The Labute approximate surface area is 122 Å². The lowest BCUT2D eigenvalue weighted by molar-refractivity contribution is 0.432. The van der Waals surface area contributed by atoms with E-state index in [0.717, 1.165) is 10.0 Å². The number of benzene rings is 2. The Morgan fingerprint density at radius 1 is 1.10 bits per heavy atom. The van der Waals surface area contributed by atoms with Gasteiger partial charge in [0.05, 0.1) is 5.56 Å². The topological polar surface area (TPSA) is 64.9 Å². The first-order valence-electron chi connectivity index (χ1n) is 5.78. The van der Waals surface area contributed by atoms with Crippen LogP contribution in [0.5, 0.6) is 0 Å². The van der Waals surface area contributed by atoms with Crippen LogP contribution in [0.3, 0.4) is 0 Å². The molecular weight excluding hydrogens is 325 g/mol. The summed E-state index contributed by atoms with van der Waals surface area (Å²) in [5, 5.41) is 3.88. The molecule has 0 atom stereocenters. The van der Waals surface area contributed by atoms with Gasteiger partial charge in [-0.3, -0.25) is 0 Å². The summed E-state index contributed by atoms with van der Waals surface area (Å²) in [4.78, 5) is 4.24. The molecular formula is C14H9BrFN3O. The number of hydrogen-bond acceptors (Lipinski definition) is 4. The summed E-state index contributed by atoms with van der Waals surface area (Å²) < 4.78 is 19.4. The quantitative estimate of drug-likeness (QED) is 0.722. The van der Waals surface area contributed by atoms with Crippen LogP contribution < -0.4 is 5.73 Å². The minimum Gasteiger partial charge on any atom is -0.398 e. The van der Waals surface area contributed by atoms with Crippen LogP contribution in [0.4, 0.5) is 10.1 Å². The van der Waals surface area contributed by atoms with Crippen LogP contribution in [-0.4, -0.2) is 10.1 Å². The molecule has 0 aliphatic carbocycles. The highest BCUT2D eigenvalue weighted by molar-refractivity contribution is 9.10. The highest BCUT2D eigenvalue weighted by Gasteiger charge is 2.13. The van der Waals surface area contributed by atoms with E-state index in [9.17, 15) is 4.39 Å². The minimum atomic E-state index is -0.405. The van der Waals surface area contributed by atoms with Crippen molar-refractivity contribution in [2.24, 2.45) is 0 Å². The van der Waals surface area contributed by atoms with E-state index in [2.05, 4.69) is 26.1 Å². The fourth-order valence-corrected chi connectivity index (χ4v) is 2.03. The average molecular weight is 334 g/mol. The first-order valence-corrected chi connectivity index (χ1v) is 6.58. The lowest BCUT2D eigenvalue weighted by Gasteiger charge is -1.99. The fraction of sp³-hybridized carbons (Fsp3) is 0. The highest BCUT2D eigenvalue weighted by atomic mass is 79.9. The number of hydrogen-bond donors (Lipinski definition) is 1. The lowest BCUT2D eigenvalue weighted by atomic mass is 10.1. The molecule has 0 fully saturated rings. The van der Waals surface area contributed by atoms with Crippen molar-refractivity contribution < 1.29 is 8.91 Å². The molecule has 4 nitrogen and oxygen atoms in total. The Balaban J connectivity index is 2.01. The van der Waals surface area contributed by atoms with E-state index in [1.54, 1.807) is 0 Å². The van der Waals surface area contributed by atoms with Gasteiger partial charge in [0.1, 0.15) is 5.82 Å². The van der Waals surface area contributed by atoms with Crippen LogP contribution in [-0.2, 0) is 0 Å². The third kappa shape index (κ3) is 2.42. The number of halogens is 2. The van der Waals surface area contributed by atoms with Crippen LogP contribution in [0.2, 0.25) is 0 Å². The maximum atomic E-state index is 13.3. The SMILES string of the molecule is Nc1ccc(F)cc1-c1nc(-c2ccc(Br)cc2)no1. The second-order valence-electron chi connectivity index (χ2n) is 4.16. The molecule has 0 unspecified atom stereocenters. The van der Waals surface area contributed by atoms with Crippen molar-refractivity contribution in [3.05, 3.63) is 52.8 Å². The van der Waals surface area contributed by atoms with Gasteiger partial charge in [0.2, 0.25) is 5.82 Å². The predicted octanol–water partition coefficient (Wildman–Crippen LogP) is 3.89. The number of anilines is 1. The van der Waals surface area contributed by atoms with Crippen LogP contribution >= 0.6 is 15.9 Å². The average Bonchev–Trinajstić information content (AvgIpc) is 2.92. The number of aromatic nitrogens is 2. The summed E-state index contributed by atoms with van der Waals surface area (Å²) in [6.07, 6.45) is 0. The maximum absolute atomic E-state index is 13.3. The molecule has 100 valence electrons. The highest BCUT2D eigenvalue weighted by Crippen LogP contribution is 2.27. The second-order valence-corrected chi connectivity index (χ2v) is 5.08. The zero-order valence-corrected chi connectivity index (χ0v) is 11.8. The number of nitrogens with two attached hydrogens (primary N) is 1. The van der Waals surface area contributed by atoms with Crippen molar-refractivity contribution in [1.29, 1.82) is 0 Å². The summed E-state index contributed by atoms with van der Waals surface area (Å²) in [5.74, 6) is 0.216. The van der Waals surface area contributed by atoms with Gasteiger partial charge in [0.25, 0.3) is 5.89 Å². The summed E-state index contributed by atoms with van der Waals surface area (Å²) in [5.41, 5.74) is 7.37. The molecule has 0 saturated heterocycles. The Kier molecular flexibility index (Phi) is 3.23. The third-order valence-electron chi connectivity index (χ3n) is 2.77. The fourth-order valence-electron chi connectivity index (χ4n) is 1.76. The smallest absolute Gasteiger partial charge is 0.260 e. The van der Waals surface area contributed by atoms with E-state index in [4.69, 9.17) is 10.3 Å². The Bertz CT molecular complexity index is 755. The maximum Gasteiger partial charge on any atom is 0.260 e. The van der Waals surface area contributed by atoms with Crippen molar-refractivity contribution >= 4 is 21.6 Å². The molecule has 6 heteroatoms. The van der Waals surface area contributed by atoms with E-state index >= 15 is 0 Å². The summed E-state index contributed by atoms with van der Waals surface area (Å²) in [7, 11) is 0. The molecule has 2 aromatic carbocycles. The van der Waals surface area contributed by atoms with Gasteiger partial charge in [0, 0.05) is 15.7 Å². The van der Waals surface area contributed by atoms with Crippen molar-refractivity contribution in [2.45, 2.75) is 0 Å². The zero-order valence-electron chi connectivity index (χ0n) is 10.2. The largest absolute Gasteiger partial charge is 0.398 e. The molecule has 0 bridgehead atoms. The van der Waals surface area contributed by atoms with Crippen LogP contribution in [0.15, 0.2) is 51.5 Å². The minimum absolute atomic E-state index is 0.194. The number of nitrogens with zero attached hydrogens (tertiary/aromatic N) is 2. The second kappa shape index (κ2) is 5.05. The molecule has 0 saturated carbocycles. The van der Waals surface area contributed by atoms with Crippen molar-refractivity contribution in [3.8, 4) is 22.8 Å². The zero-order chi connectivity index (χ0) is 14.1. The molecule has 1 aromatic heterocycles. The monoisotopic (exact) mass is 333 g/mol. The van der Waals surface area contributed by atoms with Crippen molar-refractivity contribution in [3.63, 3.8) is 0 Å². The van der Waals surface area contributed by atoms with Gasteiger partial charge in [-0.25, -0.2) is 4.39 Å². The molecule has 0 amide bonds. The molecule has 0 radical (unpaired) electrons. The Hall–Kier alpha value is -2.21. The van der Waals surface area contributed by atoms with Gasteiger partial charge >= 0.3 is 0 Å². The van der Waals surface area contributed by atoms with E-state index in [-0.39, 0.29) is 5.89 Å². The van der Waals surface area contributed by atoms with Gasteiger partial charge in [-0.05, 0) is 42.5 Å². The Morgan fingerprint density at radius 3 is 2.60 bits per heavy atom. The first kappa shape index (κ1) is 12.8. The lowest BCUT2D eigenvalue weighted by Crippen LogP contribution is -1.91. The third-order valence-corrected chi connectivity index (χ3v) is 3.30. The van der Waals surface area contributed by atoms with Gasteiger partial charge in [-0.15, -0.1) is 0 Å². The normalized spacial score (nSPS) is 10.7. The van der Waals surface area contributed by atoms with E-state index < -0.39 is 5.82 Å². The summed E-state index contributed by atoms with van der Waals surface area (Å²) in [6, 6.07) is 11.5. The van der Waals surface area contributed by atoms with E-state index in [1.807, 2.05) is 24.3 Å². The van der Waals surface area contributed by atoms with Crippen LogP contribution in [0.25, 0.3) is 22.8 Å². The molecule has 1 heterocycles. The van der Waals surface area contributed by atoms with E-state index in [0.29, 0.717) is 17.1 Å². The van der Waals surface area contributed by atoms with Crippen LogP contribution in [0.1, 0.15) is 0 Å². The molecule has 0 aliphatic heterocycles. The summed E-state index contributed by atoms with van der Waals surface area (Å²) in [6.45, 7) is 0. The van der Waals surface area contributed by atoms with Gasteiger partial charge in [-0.2, -0.15) is 4.98 Å². The summed E-state index contributed by atoms with van der Waals surface area (Å²) >= 11 is 3.35. The molecule has 2 N–H and O–H groups in total. The molecule has 3 rings (SSSR count). The van der Waals surface area contributed by atoms with Crippen LogP contribution in [0, 0.1) is 5.82 Å². The number of nitrogen functional groups attached to an aromatic ring is 1.